The van der Waals surface area contributed by atoms with Crippen molar-refractivity contribution in [2.24, 2.45) is 0 Å². The van der Waals surface area contributed by atoms with Gasteiger partial charge in [0.05, 0.1) is 19.7 Å². The fraction of sp³-hybridized carbons (Fsp3) is 0.130. The van der Waals surface area contributed by atoms with Crippen LogP contribution in [0.15, 0.2) is 83.3 Å². The first kappa shape index (κ1) is 20.6. The summed E-state index contributed by atoms with van der Waals surface area (Å²) < 4.78 is 6.02. The Hall–Kier alpha value is -3.12. The Morgan fingerprint density at radius 3 is 2.28 bits per heavy atom. The van der Waals surface area contributed by atoms with Crippen molar-refractivity contribution in [2.75, 3.05) is 13.7 Å². The van der Waals surface area contributed by atoms with Crippen molar-refractivity contribution in [2.45, 2.75) is 6.04 Å². The standard InChI is InChI=1S/C23H21BrN2O3/c1-29-20-12-10-17(11-13-20)22(16-6-3-2-4-7-16)26-21(27)15-25-23(28)18-8-5-9-19(24)14-18/h2-14,22H,15H2,1H3,(H,25,28)(H,26,27). The molecule has 3 aromatic rings. The van der Waals surface area contributed by atoms with Gasteiger partial charge < -0.3 is 15.4 Å². The Morgan fingerprint density at radius 2 is 1.62 bits per heavy atom. The maximum absolute atomic E-state index is 12.6. The molecule has 148 valence electrons. The zero-order chi connectivity index (χ0) is 20.6. The van der Waals surface area contributed by atoms with Gasteiger partial charge in [0, 0.05) is 10.0 Å². The molecule has 0 spiro atoms. The number of hydrogen-bond acceptors (Lipinski definition) is 3. The molecule has 0 aliphatic heterocycles. The highest BCUT2D eigenvalue weighted by atomic mass is 79.9. The monoisotopic (exact) mass is 452 g/mol. The third-order valence-corrected chi connectivity index (χ3v) is 4.88. The fourth-order valence-electron chi connectivity index (χ4n) is 2.91. The maximum atomic E-state index is 12.6. The number of benzene rings is 3. The van der Waals surface area contributed by atoms with Gasteiger partial charge in [-0.25, -0.2) is 0 Å². The highest BCUT2D eigenvalue weighted by Crippen LogP contribution is 2.24. The molecule has 0 aliphatic rings. The molecule has 29 heavy (non-hydrogen) atoms. The van der Waals surface area contributed by atoms with Gasteiger partial charge >= 0.3 is 0 Å². The number of carbonyl (C=O) groups is 2. The lowest BCUT2D eigenvalue weighted by Crippen LogP contribution is -2.39. The number of ether oxygens (including phenoxy) is 1. The van der Waals surface area contributed by atoms with Gasteiger partial charge in [0.25, 0.3) is 5.91 Å². The van der Waals surface area contributed by atoms with Crippen LogP contribution in [-0.2, 0) is 4.79 Å². The minimum absolute atomic E-state index is 0.120. The number of hydrogen-bond donors (Lipinski definition) is 2. The van der Waals surface area contributed by atoms with Crippen LogP contribution in [0.25, 0.3) is 0 Å². The van der Waals surface area contributed by atoms with E-state index in [4.69, 9.17) is 4.74 Å². The highest BCUT2D eigenvalue weighted by Gasteiger charge is 2.17. The van der Waals surface area contributed by atoms with Crippen LogP contribution >= 0.6 is 15.9 Å². The SMILES string of the molecule is COc1ccc(C(NC(=O)CNC(=O)c2cccc(Br)c2)c2ccccc2)cc1. The summed E-state index contributed by atoms with van der Waals surface area (Å²) in [6.45, 7) is -0.120. The molecule has 0 bridgehead atoms. The molecule has 0 fully saturated rings. The summed E-state index contributed by atoms with van der Waals surface area (Å²) in [6, 6.07) is 23.9. The lowest BCUT2D eigenvalue weighted by atomic mass is 9.98. The van der Waals surface area contributed by atoms with Crippen LogP contribution in [0, 0.1) is 0 Å². The van der Waals surface area contributed by atoms with Gasteiger partial charge in [0.15, 0.2) is 0 Å². The van der Waals surface area contributed by atoms with Gasteiger partial charge in [-0.1, -0.05) is 64.5 Å². The fourth-order valence-corrected chi connectivity index (χ4v) is 3.30. The minimum atomic E-state index is -0.336. The lowest BCUT2D eigenvalue weighted by molar-refractivity contribution is -0.120. The molecule has 0 saturated heterocycles. The van der Waals surface area contributed by atoms with Gasteiger partial charge in [-0.2, -0.15) is 0 Å². The number of carbonyl (C=O) groups excluding carboxylic acids is 2. The first-order valence-corrected chi connectivity index (χ1v) is 9.88. The first-order valence-electron chi connectivity index (χ1n) is 9.09. The van der Waals surface area contributed by atoms with Gasteiger partial charge in [-0.05, 0) is 41.5 Å². The van der Waals surface area contributed by atoms with Crippen molar-refractivity contribution < 1.29 is 14.3 Å². The second-order valence-corrected chi connectivity index (χ2v) is 7.29. The molecule has 0 saturated carbocycles. The number of methoxy groups -OCH3 is 1. The van der Waals surface area contributed by atoms with E-state index < -0.39 is 0 Å². The van der Waals surface area contributed by atoms with Crippen LogP contribution in [0.4, 0.5) is 0 Å². The van der Waals surface area contributed by atoms with E-state index in [9.17, 15) is 9.59 Å². The Balaban J connectivity index is 1.70. The van der Waals surface area contributed by atoms with E-state index in [0.717, 1.165) is 21.3 Å². The Kier molecular flexibility index (Phi) is 7.03. The third kappa shape index (κ3) is 5.68. The molecule has 3 aromatic carbocycles. The highest BCUT2D eigenvalue weighted by molar-refractivity contribution is 9.10. The molecule has 1 unspecified atom stereocenters. The minimum Gasteiger partial charge on any atom is -0.497 e. The summed E-state index contributed by atoms with van der Waals surface area (Å²) in [6.07, 6.45) is 0. The van der Waals surface area contributed by atoms with Gasteiger partial charge in [0.1, 0.15) is 5.75 Å². The van der Waals surface area contributed by atoms with Crippen molar-refractivity contribution in [1.82, 2.24) is 10.6 Å². The van der Waals surface area contributed by atoms with Crippen molar-refractivity contribution in [3.05, 3.63) is 100 Å². The Bertz CT molecular complexity index is 975. The Morgan fingerprint density at radius 1 is 0.931 bits per heavy atom. The molecular weight excluding hydrogens is 432 g/mol. The van der Waals surface area contributed by atoms with Crippen molar-refractivity contribution in [3.8, 4) is 5.75 Å². The molecule has 0 heterocycles. The Labute approximate surface area is 178 Å². The zero-order valence-corrected chi connectivity index (χ0v) is 17.5. The summed E-state index contributed by atoms with van der Waals surface area (Å²) in [5.74, 6) is 0.161. The molecule has 5 nitrogen and oxygen atoms in total. The normalized spacial score (nSPS) is 11.4. The summed E-state index contributed by atoms with van der Waals surface area (Å²) in [5, 5.41) is 5.66. The quantitative estimate of drug-likeness (QED) is 0.567. The molecular formula is C23H21BrN2O3. The van der Waals surface area contributed by atoms with Crippen LogP contribution in [0.5, 0.6) is 5.75 Å². The zero-order valence-electron chi connectivity index (χ0n) is 15.9. The third-order valence-electron chi connectivity index (χ3n) is 4.38. The number of rotatable bonds is 7. The smallest absolute Gasteiger partial charge is 0.251 e. The van der Waals surface area contributed by atoms with Crippen LogP contribution in [0.2, 0.25) is 0 Å². The van der Waals surface area contributed by atoms with Crippen LogP contribution in [0.1, 0.15) is 27.5 Å². The van der Waals surface area contributed by atoms with Crippen molar-refractivity contribution in [1.29, 1.82) is 0 Å². The molecule has 1 atom stereocenters. The van der Waals surface area contributed by atoms with E-state index in [1.807, 2.05) is 60.7 Å². The molecule has 0 aromatic heterocycles. The summed E-state index contributed by atoms with van der Waals surface area (Å²) in [7, 11) is 1.61. The summed E-state index contributed by atoms with van der Waals surface area (Å²) in [4.78, 5) is 24.8. The second-order valence-electron chi connectivity index (χ2n) is 6.38. The van der Waals surface area contributed by atoms with E-state index in [2.05, 4.69) is 26.6 Å². The van der Waals surface area contributed by atoms with E-state index in [1.54, 1.807) is 25.3 Å². The number of nitrogens with one attached hydrogen (secondary N) is 2. The lowest BCUT2D eigenvalue weighted by Gasteiger charge is -2.20. The van der Waals surface area contributed by atoms with Gasteiger partial charge in [-0.3, -0.25) is 9.59 Å². The summed E-state index contributed by atoms with van der Waals surface area (Å²) >= 11 is 3.34. The predicted octanol–water partition coefficient (Wildman–Crippen LogP) is 4.09. The second kappa shape index (κ2) is 9.89. The molecule has 0 radical (unpaired) electrons. The van der Waals surface area contributed by atoms with E-state index in [0.29, 0.717) is 5.56 Å². The average molecular weight is 453 g/mol. The molecule has 3 rings (SSSR count). The van der Waals surface area contributed by atoms with Gasteiger partial charge in [0.2, 0.25) is 5.91 Å². The van der Waals surface area contributed by atoms with Crippen molar-refractivity contribution >= 4 is 27.7 Å². The predicted molar refractivity (Wildman–Crippen MR) is 116 cm³/mol. The number of halogens is 1. The molecule has 2 N–H and O–H groups in total. The topological polar surface area (TPSA) is 67.4 Å². The number of amides is 2. The van der Waals surface area contributed by atoms with E-state index >= 15 is 0 Å². The van der Waals surface area contributed by atoms with Crippen LogP contribution in [0.3, 0.4) is 0 Å². The largest absolute Gasteiger partial charge is 0.497 e. The summed E-state index contributed by atoms with van der Waals surface area (Å²) in [5.41, 5.74) is 2.36. The van der Waals surface area contributed by atoms with Crippen LogP contribution < -0.4 is 15.4 Å². The van der Waals surface area contributed by atoms with Crippen molar-refractivity contribution in [3.63, 3.8) is 0 Å². The molecule has 0 aliphatic carbocycles. The maximum Gasteiger partial charge on any atom is 0.251 e. The van der Waals surface area contributed by atoms with E-state index in [-0.39, 0.29) is 24.4 Å². The average Bonchev–Trinajstić information content (AvgIpc) is 2.76. The molecule has 2 amide bonds. The molecule has 6 heteroatoms. The first-order chi connectivity index (χ1) is 14.1. The van der Waals surface area contributed by atoms with Gasteiger partial charge in [-0.15, -0.1) is 0 Å². The van der Waals surface area contributed by atoms with E-state index in [1.165, 1.54) is 0 Å². The van der Waals surface area contributed by atoms with Crippen LogP contribution in [-0.4, -0.2) is 25.5 Å².